The van der Waals surface area contributed by atoms with Crippen LogP contribution in [-0.4, -0.2) is 12.7 Å². The van der Waals surface area contributed by atoms with Crippen LogP contribution in [0.25, 0.3) is 54.6 Å². The van der Waals surface area contributed by atoms with Crippen molar-refractivity contribution in [3.05, 3.63) is 115 Å². The smallest absolute Gasteiger partial charge is 0.537 e. The Morgan fingerprint density at radius 2 is 1.18 bits per heavy atom. The zero-order valence-corrected chi connectivity index (χ0v) is 17.9. The molecule has 1 N–H and O–H groups in total. The van der Waals surface area contributed by atoms with Gasteiger partial charge in [-0.15, -0.1) is 0 Å². The molecule has 0 aliphatic heterocycles. The minimum absolute atomic E-state index is 0.632. The Morgan fingerprint density at radius 1 is 0.485 bits per heavy atom. The number of rotatable bonds is 4. The zero-order chi connectivity index (χ0) is 22.2. The van der Waals surface area contributed by atoms with E-state index in [1.165, 1.54) is 27.3 Å². The first kappa shape index (κ1) is 19.6. The highest BCUT2D eigenvalue weighted by atomic mass is 16.5. The van der Waals surface area contributed by atoms with E-state index in [2.05, 4.69) is 97.1 Å². The van der Waals surface area contributed by atoms with E-state index in [1.807, 2.05) is 18.2 Å². The lowest BCUT2D eigenvalue weighted by molar-refractivity contribution is 0.457. The van der Waals surface area contributed by atoms with Crippen molar-refractivity contribution in [3.8, 4) is 28.0 Å². The molecule has 33 heavy (non-hydrogen) atoms. The Bertz CT molecular complexity index is 1640. The third kappa shape index (κ3) is 3.43. The second kappa shape index (κ2) is 8.12. The predicted molar refractivity (Wildman–Crippen MR) is 138 cm³/mol. The van der Waals surface area contributed by atoms with Crippen LogP contribution in [0.4, 0.5) is 0 Å². The standard InChI is InChI=1S/C30H20BO2/c32-31-33-29-14-6-13-27-28(29)19-24-9-3-4-12-26(24)30(27)25-11-5-10-22(18-25)23-16-15-20-7-1-2-8-21(20)17-23/h1-19,32H. The van der Waals surface area contributed by atoms with Crippen molar-refractivity contribution in [2.24, 2.45) is 0 Å². The van der Waals surface area contributed by atoms with E-state index in [0.717, 1.165) is 35.0 Å². The fourth-order valence-corrected chi connectivity index (χ4v) is 4.76. The van der Waals surface area contributed by atoms with Gasteiger partial charge in [0.05, 0.1) is 0 Å². The van der Waals surface area contributed by atoms with Gasteiger partial charge in [-0.05, 0) is 73.5 Å². The third-order valence-electron chi connectivity index (χ3n) is 6.28. The Hall–Kier alpha value is -4.08. The maximum Gasteiger partial charge on any atom is 0.569 e. The number of fused-ring (bicyclic) bond motifs is 3. The van der Waals surface area contributed by atoms with Crippen molar-refractivity contribution in [2.45, 2.75) is 0 Å². The van der Waals surface area contributed by atoms with Gasteiger partial charge in [0.2, 0.25) is 0 Å². The second-order valence-electron chi connectivity index (χ2n) is 8.19. The quantitative estimate of drug-likeness (QED) is 0.237. The van der Waals surface area contributed by atoms with Gasteiger partial charge in [0, 0.05) is 5.39 Å². The van der Waals surface area contributed by atoms with Crippen LogP contribution >= 0.6 is 0 Å². The Kier molecular flexibility index (Phi) is 4.82. The van der Waals surface area contributed by atoms with Crippen molar-refractivity contribution >= 4 is 40.0 Å². The lowest BCUT2D eigenvalue weighted by atomic mass is 9.90. The molecule has 155 valence electrons. The minimum Gasteiger partial charge on any atom is -0.537 e. The first-order valence-corrected chi connectivity index (χ1v) is 11.0. The van der Waals surface area contributed by atoms with Crippen LogP contribution < -0.4 is 4.65 Å². The summed E-state index contributed by atoms with van der Waals surface area (Å²) in [5, 5.41) is 16.1. The molecule has 0 aromatic heterocycles. The van der Waals surface area contributed by atoms with Crippen LogP contribution in [0.5, 0.6) is 5.75 Å². The van der Waals surface area contributed by atoms with Crippen LogP contribution in [0, 0.1) is 0 Å². The van der Waals surface area contributed by atoms with Crippen LogP contribution in [0.1, 0.15) is 0 Å². The lowest BCUT2D eigenvalue weighted by Gasteiger charge is -2.15. The first-order chi connectivity index (χ1) is 16.3. The summed E-state index contributed by atoms with van der Waals surface area (Å²) in [6, 6.07) is 40.2. The van der Waals surface area contributed by atoms with E-state index in [9.17, 15) is 5.02 Å². The third-order valence-corrected chi connectivity index (χ3v) is 6.28. The summed E-state index contributed by atoms with van der Waals surface area (Å²) in [5.74, 6) is 0.632. The van der Waals surface area contributed by atoms with Crippen molar-refractivity contribution in [2.75, 3.05) is 0 Å². The molecule has 0 amide bonds. The summed E-state index contributed by atoms with van der Waals surface area (Å²) in [7, 11) is 0.740. The largest absolute Gasteiger partial charge is 0.569 e. The highest BCUT2D eigenvalue weighted by Gasteiger charge is 2.13. The predicted octanol–water partition coefficient (Wildman–Crippen LogP) is 7.39. The molecule has 0 aliphatic carbocycles. The molecule has 0 unspecified atom stereocenters. The van der Waals surface area contributed by atoms with Crippen molar-refractivity contribution in [3.63, 3.8) is 0 Å². The monoisotopic (exact) mass is 423 g/mol. The van der Waals surface area contributed by atoms with Crippen LogP contribution in [-0.2, 0) is 0 Å². The van der Waals surface area contributed by atoms with E-state index >= 15 is 0 Å². The van der Waals surface area contributed by atoms with E-state index in [1.54, 1.807) is 0 Å². The second-order valence-corrected chi connectivity index (χ2v) is 8.19. The fraction of sp³-hybridized carbons (Fsp3) is 0. The molecule has 0 aliphatic rings. The first-order valence-electron chi connectivity index (χ1n) is 11.0. The molecule has 0 spiro atoms. The highest BCUT2D eigenvalue weighted by molar-refractivity contribution is 6.19. The van der Waals surface area contributed by atoms with E-state index in [0.29, 0.717) is 5.75 Å². The molecule has 6 aromatic rings. The molecular weight excluding hydrogens is 403 g/mol. The number of hydrogen-bond acceptors (Lipinski definition) is 2. The average Bonchev–Trinajstić information content (AvgIpc) is 2.87. The molecule has 1 radical (unpaired) electrons. The summed E-state index contributed by atoms with van der Waals surface area (Å²) >= 11 is 0. The van der Waals surface area contributed by atoms with Gasteiger partial charge in [-0.25, -0.2) is 0 Å². The number of hydrogen-bond donors (Lipinski definition) is 1. The van der Waals surface area contributed by atoms with Gasteiger partial charge in [-0.3, -0.25) is 0 Å². The van der Waals surface area contributed by atoms with Crippen molar-refractivity contribution in [1.82, 2.24) is 0 Å². The van der Waals surface area contributed by atoms with Gasteiger partial charge in [0.15, 0.2) is 0 Å². The average molecular weight is 423 g/mol. The van der Waals surface area contributed by atoms with Gasteiger partial charge in [-0.1, -0.05) is 91.0 Å². The summed E-state index contributed by atoms with van der Waals surface area (Å²) in [6.45, 7) is 0. The minimum atomic E-state index is 0.632. The molecule has 6 rings (SSSR count). The molecule has 2 nitrogen and oxygen atoms in total. The maximum atomic E-state index is 9.27. The molecule has 0 fully saturated rings. The van der Waals surface area contributed by atoms with Crippen LogP contribution in [0.3, 0.4) is 0 Å². The van der Waals surface area contributed by atoms with Crippen molar-refractivity contribution < 1.29 is 9.68 Å². The van der Waals surface area contributed by atoms with Gasteiger partial charge < -0.3 is 9.68 Å². The summed E-state index contributed by atoms with van der Waals surface area (Å²) < 4.78 is 5.42. The van der Waals surface area contributed by atoms with E-state index < -0.39 is 0 Å². The van der Waals surface area contributed by atoms with Gasteiger partial charge in [0.1, 0.15) is 5.75 Å². The molecular formula is C30H20BO2. The van der Waals surface area contributed by atoms with Gasteiger partial charge >= 0.3 is 7.69 Å². The summed E-state index contributed by atoms with van der Waals surface area (Å²) in [5.41, 5.74) is 4.68. The van der Waals surface area contributed by atoms with Gasteiger partial charge in [-0.2, -0.15) is 0 Å². The molecule has 3 heteroatoms. The van der Waals surface area contributed by atoms with Crippen LogP contribution in [0.15, 0.2) is 115 Å². The molecule has 0 saturated carbocycles. The maximum absolute atomic E-state index is 9.27. The molecule has 0 heterocycles. The van der Waals surface area contributed by atoms with Crippen molar-refractivity contribution in [1.29, 1.82) is 0 Å². The molecule has 0 bridgehead atoms. The van der Waals surface area contributed by atoms with E-state index in [4.69, 9.17) is 4.65 Å². The van der Waals surface area contributed by atoms with Crippen LogP contribution in [0.2, 0.25) is 0 Å². The fourth-order valence-electron chi connectivity index (χ4n) is 4.76. The molecule has 0 atom stereocenters. The van der Waals surface area contributed by atoms with E-state index in [-0.39, 0.29) is 0 Å². The van der Waals surface area contributed by atoms with Gasteiger partial charge in [0.25, 0.3) is 0 Å². The Morgan fingerprint density at radius 3 is 2.06 bits per heavy atom. The molecule has 0 saturated heterocycles. The Balaban J connectivity index is 1.60. The lowest BCUT2D eigenvalue weighted by Crippen LogP contribution is -2.00. The normalized spacial score (nSPS) is 11.2. The topological polar surface area (TPSA) is 29.5 Å². The summed E-state index contributed by atoms with van der Waals surface area (Å²) in [6.07, 6.45) is 0. The zero-order valence-electron chi connectivity index (χ0n) is 17.9. The summed E-state index contributed by atoms with van der Waals surface area (Å²) in [4.78, 5) is 0. The number of benzene rings is 6. The highest BCUT2D eigenvalue weighted by Crippen LogP contribution is 2.40. The SMILES string of the molecule is O[B]Oc1cccc2c(-c3cccc(-c4ccc5ccccc5c4)c3)c3ccccc3cc12. The Labute approximate surface area is 193 Å². The molecule has 6 aromatic carbocycles.